The minimum atomic E-state index is -0.595. The summed E-state index contributed by atoms with van der Waals surface area (Å²) in [7, 11) is 3.54. The average molecular weight is 459 g/mol. The predicted octanol–water partition coefficient (Wildman–Crippen LogP) is 4.23. The second kappa shape index (κ2) is 8.78. The number of amides is 1. The third-order valence-electron chi connectivity index (χ3n) is 6.49. The van der Waals surface area contributed by atoms with Crippen molar-refractivity contribution in [2.24, 2.45) is 7.05 Å². The Hall–Kier alpha value is -3.94. The van der Waals surface area contributed by atoms with Crippen molar-refractivity contribution in [1.82, 2.24) is 19.7 Å². The van der Waals surface area contributed by atoms with Crippen molar-refractivity contribution in [3.8, 4) is 11.5 Å². The molecule has 1 amide bonds. The Morgan fingerprint density at radius 2 is 2.06 bits per heavy atom. The number of carbonyl (C=O) groups excluding carboxylic acids is 2. The van der Waals surface area contributed by atoms with Gasteiger partial charge in [-0.2, -0.15) is 5.10 Å². The molecular formula is C26H26N4O4. The third kappa shape index (κ3) is 3.85. The maximum atomic E-state index is 13.2. The Kier molecular flexibility index (Phi) is 5.65. The van der Waals surface area contributed by atoms with E-state index in [-0.39, 0.29) is 18.6 Å². The maximum Gasteiger partial charge on any atom is 0.339 e. The second-order valence-corrected chi connectivity index (χ2v) is 8.63. The Morgan fingerprint density at radius 1 is 1.24 bits per heavy atom. The van der Waals surface area contributed by atoms with Crippen molar-refractivity contribution in [1.29, 1.82) is 0 Å². The first-order chi connectivity index (χ1) is 16.4. The van der Waals surface area contributed by atoms with Crippen molar-refractivity contribution >= 4 is 22.9 Å². The minimum Gasteiger partial charge on any atom is -0.463 e. The molecule has 0 unspecified atom stereocenters. The lowest BCUT2D eigenvalue weighted by Crippen LogP contribution is -2.36. The lowest BCUT2D eigenvalue weighted by atomic mass is 9.87. The monoisotopic (exact) mass is 458 g/mol. The van der Waals surface area contributed by atoms with Gasteiger partial charge in [-0.25, -0.2) is 9.78 Å². The van der Waals surface area contributed by atoms with Crippen LogP contribution in [-0.4, -0.2) is 45.2 Å². The number of nitrogens with zero attached hydrogens (tertiary/aromatic N) is 4. The predicted molar refractivity (Wildman–Crippen MR) is 126 cm³/mol. The molecule has 0 fully saturated rings. The molecule has 3 heterocycles. The van der Waals surface area contributed by atoms with Crippen molar-refractivity contribution in [2.45, 2.75) is 32.2 Å². The van der Waals surface area contributed by atoms with Crippen LogP contribution in [-0.2, 0) is 23.0 Å². The molecule has 1 aliphatic carbocycles. The van der Waals surface area contributed by atoms with Crippen LogP contribution in [0.25, 0.3) is 22.5 Å². The molecule has 0 spiro atoms. The van der Waals surface area contributed by atoms with Crippen LogP contribution in [0, 0.1) is 6.92 Å². The first-order valence-corrected chi connectivity index (χ1v) is 11.3. The highest BCUT2D eigenvalue weighted by Gasteiger charge is 2.28. The van der Waals surface area contributed by atoms with E-state index in [1.54, 1.807) is 48.1 Å². The molecule has 5 rings (SSSR count). The van der Waals surface area contributed by atoms with Crippen LogP contribution in [0.1, 0.15) is 46.1 Å². The normalized spacial score (nSPS) is 15.2. The molecule has 0 saturated carbocycles. The fourth-order valence-corrected chi connectivity index (χ4v) is 4.77. The first kappa shape index (κ1) is 21.9. The van der Waals surface area contributed by atoms with Gasteiger partial charge in [0.15, 0.2) is 18.0 Å². The molecule has 0 aliphatic heterocycles. The van der Waals surface area contributed by atoms with Gasteiger partial charge in [0.05, 0.1) is 28.9 Å². The van der Waals surface area contributed by atoms with Gasteiger partial charge in [-0.3, -0.25) is 9.48 Å². The standard InChI is InChI=1S/C26H26N4O4/c1-16-24-19(14-20(22-12-7-13-33-22)27-25(24)30(3)28-16)26(32)34-15-23(31)29(2)21-11-6-9-17-8-4-5-10-18(17)21/h4-5,7-8,10,12-14,21H,6,9,11,15H2,1-3H3/t21-/m1/s1. The van der Waals surface area contributed by atoms with E-state index in [1.165, 1.54) is 11.1 Å². The van der Waals surface area contributed by atoms with Crippen molar-refractivity contribution < 1.29 is 18.7 Å². The lowest BCUT2D eigenvalue weighted by Gasteiger charge is -2.33. The fraction of sp³-hybridized carbons (Fsp3) is 0.308. The van der Waals surface area contributed by atoms with E-state index >= 15 is 0 Å². The molecule has 0 N–H and O–H groups in total. The second-order valence-electron chi connectivity index (χ2n) is 8.63. The zero-order valence-electron chi connectivity index (χ0n) is 19.4. The maximum absolute atomic E-state index is 13.2. The van der Waals surface area contributed by atoms with Gasteiger partial charge in [0.1, 0.15) is 5.69 Å². The molecule has 34 heavy (non-hydrogen) atoms. The highest BCUT2D eigenvalue weighted by Crippen LogP contribution is 2.33. The van der Waals surface area contributed by atoms with Gasteiger partial charge in [0.2, 0.25) is 0 Å². The third-order valence-corrected chi connectivity index (χ3v) is 6.49. The van der Waals surface area contributed by atoms with E-state index in [9.17, 15) is 9.59 Å². The Balaban J connectivity index is 1.38. The number of rotatable bonds is 5. The van der Waals surface area contributed by atoms with E-state index in [1.807, 2.05) is 19.1 Å². The number of hydrogen-bond acceptors (Lipinski definition) is 6. The summed E-state index contributed by atoms with van der Waals surface area (Å²) in [5, 5.41) is 5.00. The summed E-state index contributed by atoms with van der Waals surface area (Å²) >= 11 is 0. The van der Waals surface area contributed by atoms with Gasteiger partial charge in [-0.15, -0.1) is 0 Å². The van der Waals surface area contributed by atoms with Gasteiger partial charge in [0, 0.05) is 14.1 Å². The highest BCUT2D eigenvalue weighted by molar-refractivity contribution is 6.05. The number of benzene rings is 1. The smallest absolute Gasteiger partial charge is 0.339 e. The van der Waals surface area contributed by atoms with Crippen LogP contribution in [0.5, 0.6) is 0 Å². The number of aromatic nitrogens is 3. The Morgan fingerprint density at radius 3 is 2.85 bits per heavy atom. The van der Waals surface area contributed by atoms with E-state index in [4.69, 9.17) is 9.15 Å². The number of aryl methyl sites for hydroxylation is 3. The van der Waals surface area contributed by atoms with Crippen LogP contribution in [0.2, 0.25) is 0 Å². The average Bonchev–Trinajstić information content (AvgIpc) is 3.49. The molecule has 4 aromatic rings. The van der Waals surface area contributed by atoms with E-state index in [0.717, 1.165) is 19.3 Å². The fourth-order valence-electron chi connectivity index (χ4n) is 4.77. The van der Waals surface area contributed by atoms with Crippen LogP contribution in [0.15, 0.2) is 53.1 Å². The summed E-state index contributed by atoms with van der Waals surface area (Å²) in [6.07, 6.45) is 4.47. The van der Waals surface area contributed by atoms with Gasteiger partial charge < -0.3 is 14.1 Å². The van der Waals surface area contributed by atoms with Crippen molar-refractivity contribution in [2.75, 3.05) is 13.7 Å². The Bertz CT molecular complexity index is 1370. The van der Waals surface area contributed by atoms with Crippen LogP contribution < -0.4 is 0 Å². The first-order valence-electron chi connectivity index (χ1n) is 11.3. The van der Waals surface area contributed by atoms with E-state index in [2.05, 4.69) is 22.2 Å². The summed E-state index contributed by atoms with van der Waals surface area (Å²) in [5.41, 5.74) is 4.44. The Labute approximate surface area is 197 Å². The number of fused-ring (bicyclic) bond motifs is 2. The largest absolute Gasteiger partial charge is 0.463 e. The SMILES string of the molecule is Cc1nn(C)c2nc(-c3ccco3)cc(C(=O)OCC(=O)N(C)[C@@H]3CCCc4ccccc43)c12. The summed E-state index contributed by atoms with van der Waals surface area (Å²) in [4.78, 5) is 32.4. The summed E-state index contributed by atoms with van der Waals surface area (Å²) in [6.45, 7) is 1.47. The van der Waals surface area contributed by atoms with Gasteiger partial charge >= 0.3 is 5.97 Å². The summed E-state index contributed by atoms with van der Waals surface area (Å²) in [6, 6.07) is 13.3. The molecule has 0 radical (unpaired) electrons. The highest BCUT2D eigenvalue weighted by atomic mass is 16.5. The quantitative estimate of drug-likeness (QED) is 0.416. The zero-order chi connectivity index (χ0) is 23.8. The number of likely N-dealkylation sites (N-methyl/N-ethyl adjacent to an activating group) is 1. The molecule has 0 saturated heterocycles. The molecule has 3 aromatic heterocycles. The molecule has 8 heteroatoms. The number of ether oxygens (including phenoxy) is 1. The summed E-state index contributed by atoms with van der Waals surface area (Å²) < 4.78 is 12.6. The molecule has 0 bridgehead atoms. The number of esters is 1. The molecule has 8 nitrogen and oxygen atoms in total. The molecule has 1 aromatic carbocycles. The molecule has 1 aliphatic rings. The van der Waals surface area contributed by atoms with Gasteiger partial charge in [-0.1, -0.05) is 24.3 Å². The van der Waals surface area contributed by atoms with Crippen LogP contribution in [0.4, 0.5) is 0 Å². The van der Waals surface area contributed by atoms with E-state index < -0.39 is 5.97 Å². The number of furan rings is 1. The number of carbonyl (C=O) groups is 2. The topological polar surface area (TPSA) is 90.5 Å². The molecular weight excluding hydrogens is 432 g/mol. The summed E-state index contributed by atoms with van der Waals surface area (Å²) in [5.74, 6) is -0.307. The number of pyridine rings is 1. The van der Waals surface area contributed by atoms with Crippen molar-refractivity contribution in [3.05, 3.63) is 71.1 Å². The molecule has 174 valence electrons. The molecule has 1 atom stereocenters. The van der Waals surface area contributed by atoms with Gasteiger partial charge in [-0.05, 0) is 55.5 Å². The van der Waals surface area contributed by atoms with Crippen molar-refractivity contribution in [3.63, 3.8) is 0 Å². The zero-order valence-corrected chi connectivity index (χ0v) is 19.4. The minimum absolute atomic E-state index is 0.0186. The number of hydrogen-bond donors (Lipinski definition) is 0. The van der Waals surface area contributed by atoms with Crippen LogP contribution in [0.3, 0.4) is 0 Å². The van der Waals surface area contributed by atoms with Gasteiger partial charge in [0.25, 0.3) is 5.91 Å². The van der Waals surface area contributed by atoms with Crippen LogP contribution >= 0.6 is 0 Å². The lowest BCUT2D eigenvalue weighted by molar-refractivity contribution is -0.135. The van der Waals surface area contributed by atoms with E-state index in [0.29, 0.717) is 33.7 Å².